The predicted molar refractivity (Wildman–Crippen MR) is 100 cm³/mol. The maximum atomic E-state index is 5.40. The molecule has 0 spiro atoms. The van der Waals surface area contributed by atoms with Crippen LogP contribution >= 0.6 is 0 Å². The van der Waals surface area contributed by atoms with E-state index in [2.05, 4.69) is 25.7 Å². The van der Waals surface area contributed by atoms with Crippen molar-refractivity contribution in [2.24, 2.45) is 0 Å². The fourth-order valence-corrected chi connectivity index (χ4v) is 2.88. The van der Waals surface area contributed by atoms with E-state index in [0.29, 0.717) is 6.04 Å². The Kier molecular flexibility index (Phi) is 8.11. The van der Waals surface area contributed by atoms with E-state index in [-0.39, 0.29) is 0 Å². The van der Waals surface area contributed by atoms with Crippen LogP contribution in [0, 0.1) is 6.92 Å². The van der Waals surface area contributed by atoms with E-state index < -0.39 is 0 Å². The first-order chi connectivity index (χ1) is 12.1. The van der Waals surface area contributed by atoms with E-state index in [1.165, 1.54) is 0 Å². The molecule has 1 aromatic rings. The first-order valence-electron chi connectivity index (χ1n) is 9.01. The van der Waals surface area contributed by atoms with Gasteiger partial charge in [0.15, 0.2) is 0 Å². The van der Waals surface area contributed by atoms with Crippen molar-refractivity contribution in [1.29, 1.82) is 0 Å². The molecular weight excluding hydrogens is 318 g/mol. The summed E-state index contributed by atoms with van der Waals surface area (Å²) in [5, 5.41) is 3.59. The van der Waals surface area contributed by atoms with Crippen molar-refractivity contribution in [2.75, 3.05) is 45.2 Å². The van der Waals surface area contributed by atoms with Crippen molar-refractivity contribution in [3.63, 3.8) is 0 Å². The first kappa shape index (κ1) is 19.6. The summed E-state index contributed by atoms with van der Waals surface area (Å²) in [6.07, 6.45) is 5.76. The number of methoxy groups -OCH3 is 1. The zero-order valence-corrected chi connectivity index (χ0v) is 15.8. The fourth-order valence-electron chi connectivity index (χ4n) is 2.88. The molecule has 7 nitrogen and oxygen atoms in total. The Labute approximate surface area is 150 Å². The summed E-state index contributed by atoms with van der Waals surface area (Å²) in [5.74, 6) is 1.69. The Hall–Kier alpha value is -1.70. The van der Waals surface area contributed by atoms with Gasteiger partial charge < -0.3 is 19.8 Å². The summed E-state index contributed by atoms with van der Waals surface area (Å²) in [5.41, 5.74) is 4.77. The molecule has 0 saturated carbocycles. The van der Waals surface area contributed by atoms with Crippen molar-refractivity contribution in [3.8, 4) is 0 Å². The zero-order chi connectivity index (χ0) is 18.1. The molecule has 0 atom stereocenters. The van der Waals surface area contributed by atoms with E-state index in [0.717, 1.165) is 68.5 Å². The number of likely N-dealkylation sites (tertiary alicyclic amines) is 1. The maximum Gasteiger partial charge on any atom is 0.133 e. The topological polar surface area (TPSA) is 71.5 Å². The number of rotatable bonds is 9. The van der Waals surface area contributed by atoms with Gasteiger partial charge in [-0.1, -0.05) is 0 Å². The van der Waals surface area contributed by atoms with E-state index in [9.17, 15) is 0 Å². The normalized spacial score (nSPS) is 16.9. The molecule has 0 aromatic carbocycles. The number of allylic oxidation sites excluding steroid dienone is 1. The monoisotopic (exact) mass is 349 g/mol. The minimum Gasteiger partial charge on any atom is -0.413 e. The number of nitrogens with one attached hydrogen (secondary N) is 2. The van der Waals surface area contributed by atoms with E-state index in [4.69, 9.17) is 9.57 Å². The Morgan fingerprint density at radius 1 is 1.36 bits per heavy atom. The van der Waals surface area contributed by atoms with Gasteiger partial charge in [0.1, 0.15) is 17.9 Å². The van der Waals surface area contributed by atoms with Crippen LogP contribution in [0.15, 0.2) is 12.1 Å². The summed E-state index contributed by atoms with van der Waals surface area (Å²) in [6, 6.07) is 0.448. The van der Waals surface area contributed by atoms with Crippen LogP contribution in [0.25, 0.3) is 6.08 Å². The van der Waals surface area contributed by atoms with Gasteiger partial charge in [-0.25, -0.2) is 9.97 Å². The second kappa shape index (κ2) is 10.3. The van der Waals surface area contributed by atoms with E-state index in [1.807, 2.05) is 26.8 Å². The Morgan fingerprint density at radius 3 is 2.80 bits per heavy atom. The Balaban J connectivity index is 1.94. The quantitative estimate of drug-likeness (QED) is 0.523. The largest absolute Gasteiger partial charge is 0.413 e. The van der Waals surface area contributed by atoms with Crippen LogP contribution in [0.3, 0.4) is 0 Å². The van der Waals surface area contributed by atoms with E-state index >= 15 is 0 Å². The number of ether oxygens (including phenoxy) is 1. The van der Waals surface area contributed by atoms with Gasteiger partial charge in [0, 0.05) is 51.0 Å². The van der Waals surface area contributed by atoms with Crippen molar-refractivity contribution < 1.29 is 9.57 Å². The van der Waals surface area contributed by atoms with Crippen LogP contribution in [0.5, 0.6) is 0 Å². The lowest BCUT2D eigenvalue weighted by Gasteiger charge is -2.32. The summed E-state index contributed by atoms with van der Waals surface area (Å²) in [7, 11) is 1.75. The van der Waals surface area contributed by atoms with Gasteiger partial charge in [0.2, 0.25) is 0 Å². The number of aromatic nitrogens is 2. The van der Waals surface area contributed by atoms with Crippen molar-refractivity contribution >= 4 is 11.9 Å². The zero-order valence-electron chi connectivity index (χ0n) is 15.8. The number of hydrogen-bond acceptors (Lipinski definition) is 7. The third-order valence-corrected chi connectivity index (χ3v) is 4.38. The van der Waals surface area contributed by atoms with Gasteiger partial charge in [-0.05, 0) is 33.6 Å². The molecule has 2 rings (SSSR count). The molecule has 0 amide bonds. The molecular formula is C18H31N5O2. The fraction of sp³-hybridized carbons (Fsp3) is 0.667. The average molecular weight is 349 g/mol. The lowest BCUT2D eigenvalue weighted by atomic mass is 10.0. The highest BCUT2D eigenvalue weighted by Gasteiger charge is 2.20. The van der Waals surface area contributed by atoms with Crippen LogP contribution in [0.1, 0.15) is 37.9 Å². The molecule has 25 heavy (non-hydrogen) atoms. The van der Waals surface area contributed by atoms with Gasteiger partial charge in [-0.3, -0.25) is 0 Å². The smallest absolute Gasteiger partial charge is 0.133 e. The Bertz CT molecular complexity index is 556. The SMILES string of the molecule is CCNO/C(C)=C/c1ncnc(NC2CCN(CCOC)CC2)c1C. The van der Waals surface area contributed by atoms with Crippen LogP contribution in [-0.4, -0.2) is 60.8 Å². The third kappa shape index (κ3) is 6.26. The summed E-state index contributed by atoms with van der Waals surface area (Å²) in [6.45, 7) is 10.7. The standard InChI is InChI=1S/C18H31N5O2/c1-5-21-25-14(2)12-17-15(3)18(20-13-19-17)22-16-6-8-23(9-7-16)10-11-24-4/h12-13,16,21H,5-11H2,1-4H3,(H,19,20,22)/b14-12+. The molecule has 1 aliphatic rings. The average Bonchev–Trinajstić information content (AvgIpc) is 2.62. The van der Waals surface area contributed by atoms with Gasteiger partial charge in [-0.2, -0.15) is 5.48 Å². The second-order valence-electron chi connectivity index (χ2n) is 6.34. The summed E-state index contributed by atoms with van der Waals surface area (Å²) in [4.78, 5) is 16.6. The molecule has 7 heteroatoms. The van der Waals surface area contributed by atoms with Crippen LogP contribution in [0.4, 0.5) is 5.82 Å². The number of hydrogen-bond donors (Lipinski definition) is 2. The molecule has 0 radical (unpaired) electrons. The number of anilines is 1. The highest BCUT2D eigenvalue weighted by atomic mass is 16.6. The first-order valence-corrected chi connectivity index (χ1v) is 9.01. The van der Waals surface area contributed by atoms with Gasteiger partial charge in [0.25, 0.3) is 0 Å². The van der Waals surface area contributed by atoms with Gasteiger partial charge in [-0.15, -0.1) is 0 Å². The van der Waals surface area contributed by atoms with Crippen molar-refractivity contribution in [3.05, 3.63) is 23.3 Å². The lowest BCUT2D eigenvalue weighted by molar-refractivity contribution is 0.114. The van der Waals surface area contributed by atoms with Crippen LogP contribution < -0.4 is 10.8 Å². The minimum atomic E-state index is 0.448. The highest BCUT2D eigenvalue weighted by Crippen LogP contribution is 2.20. The maximum absolute atomic E-state index is 5.40. The summed E-state index contributed by atoms with van der Waals surface area (Å²) < 4.78 is 5.16. The molecule has 1 fully saturated rings. The number of hydroxylamine groups is 1. The molecule has 2 N–H and O–H groups in total. The summed E-state index contributed by atoms with van der Waals surface area (Å²) >= 11 is 0. The molecule has 1 aromatic heterocycles. The highest BCUT2D eigenvalue weighted by molar-refractivity contribution is 5.58. The molecule has 0 aliphatic carbocycles. The number of nitrogens with zero attached hydrogens (tertiary/aromatic N) is 3. The Morgan fingerprint density at radius 2 is 2.12 bits per heavy atom. The third-order valence-electron chi connectivity index (χ3n) is 4.38. The minimum absolute atomic E-state index is 0.448. The van der Waals surface area contributed by atoms with E-state index in [1.54, 1.807) is 13.4 Å². The molecule has 140 valence electrons. The van der Waals surface area contributed by atoms with Crippen LogP contribution in [-0.2, 0) is 9.57 Å². The molecule has 2 heterocycles. The molecule has 1 saturated heterocycles. The molecule has 0 bridgehead atoms. The second-order valence-corrected chi connectivity index (χ2v) is 6.34. The van der Waals surface area contributed by atoms with Crippen molar-refractivity contribution in [1.82, 2.24) is 20.3 Å². The van der Waals surface area contributed by atoms with Crippen molar-refractivity contribution in [2.45, 2.75) is 39.7 Å². The van der Waals surface area contributed by atoms with Gasteiger partial charge >= 0.3 is 0 Å². The van der Waals surface area contributed by atoms with Gasteiger partial charge in [0.05, 0.1) is 12.3 Å². The molecule has 0 unspecified atom stereocenters. The predicted octanol–water partition coefficient (Wildman–Crippen LogP) is 2.21. The number of piperidine rings is 1. The van der Waals surface area contributed by atoms with Crippen LogP contribution in [0.2, 0.25) is 0 Å². The molecule has 1 aliphatic heterocycles. The lowest BCUT2D eigenvalue weighted by Crippen LogP contribution is -2.40.